The van der Waals surface area contributed by atoms with Crippen LogP contribution in [0.2, 0.25) is 0 Å². The van der Waals surface area contributed by atoms with Crippen LogP contribution in [0.1, 0.15) is 106 Å². The van der Waals surface area contributed by atoms with Gasteiger partial charge in [-0.15, -0.1) is 0 Å². The lowest BCUT2D eigenvalue weighted by Crippen LogP contribution is -2.42. The van der Waals surface area contributed by atoms with Crippen LogP contribution < -0.4 is 20.9 Å². The van der Waals surface area contributed by atoms with Crippen LogP contribution in [0.5, 0.6) is 5.75 Å². The van der Waals surface area contributed by atoms with Crippen molar-refractivity contribution in [2.24, 2.45) is 0 Å². The van der Waals surface area contributed by atoms with Crippen LogP contribution in [-0.4, -0.2) is 68.9 Å². The number of piperidine rings is 2. The van der Waals surface area contributed by atoms with Crippen LogP contribution >= 0.6 is 0 Å². The second-order valence-corrected chi connectivity index (χ2v) is 15.9. The van der Waals surface area contributed by atoms with Gasteiger partial charge in [-0.2, -0.15) is 5.10 Å². The van der Waals surface area contributed by atoms with Gasteiger partial charge in [-0.25, -0.2) is 9.48 Å². The Morgan fingerprint density at radius 1 is 0.887 bits per heavy atom. The molecule has 4 aromatic rings. The molecule has 280 valence electrons. The van der Waals surface area contributed by atoms with E-state index in [-0.39, 0.29) is 28.9 Å². The number of urea groups is 1. The van der Waals surface area contributed by atoms with E-state index < -0.39 is 0 Å². The summed E-state index contributed by atoms with van der Waals surface area (Å²) in [7, 11) is 0. The summed E-state index contributed by atoms with van der Waals surface area (Å²) < 4.78 is 9.81. The first-order valence-electron chi connectivity index (χ1n) is 19.4. The van der Waals surface area contributed by atoms with E-state index in [1.165, 1.54) is 36.8 Å². The number of nitrogens with zero attached hydrogens (tertiary/aromatic N) is 5. The number of amides is 2. The summed E-state index contributed by atoms with van der Waals surface area (Å²) in [5.41, 5.74) is 5.42. The van der Waals surface area contributed by atoms with Crippen molar-refractivity contribution < 1.29 is 9.53 Å². The van der Waals surface area contributed by atoms with Crippen molar-refractivity contribution in [2.45, 2.75) is 96.1 Å². The molecule has 0 saturated carbocycles. The first kappa shape index (κ1) is 36.5. The first-order valence-corrected chi connectivity index (χ1v) is 19.4. The molecule has 7 rings (SSSR count). The van der Waals surface area contributed by atoms with Gasteiger partial charge in [0, 0.05) is 37.0 Å². The van der Waals surface area contributed by atoms with Gasteiger partial charge in [-0.1, -0.05) is 63.6 Å². The van der Waals surface area contributed by atoms with E-state index in [0.29, 0.717) is 24.1 Å². The molecular weight excluding hydrogens is 663 g/mol. The summed E-state index contributed by atoms with van der Waals surface area (Å²) >= 11 is 0. The van der Waals surface area contributed by atoms with Gasteiger partial charge in [-0.05, 0) is 99.0 Å². The molecule has 3 aliphatic rings. The fraction of sp³-hybridized carbons (Fsp3) is 0.476. The Kier molecular flexibility index (Phi) is 11.0. The molecular formula is C42H55N9O2. The Hall–Kier alpha value is -4.90. The van der Waals surface area contributed by atoms with Gasteiger partial charge in [0.2, 0.25) is 5.96 Å². The van der Waals surface area contributed by atoms with E-state index in [4.69, 9.17) is 20.7 Å². The van der Waals surface area contributed by atoms with Gasteiger partial charge < -0.3 is 15.0 Å². The molecule has 0 spiro atoms. The number of hydrogen-bond acceptors (Lipinski definition) is 6. The largest absolute Gasteiger partial charge is 0.491 e. The predicted molar refractivity (Wildman–Crippen MR) is 209 cm³/mol. The predicted octanol–water partition coefficient (Wildman–Crippen LogP) is 7.52. The smallest absolute Gasteiger partial charge is 0.320 e. The fourth-order valence-electron chi connectivity index (χ4n) is 7.91. The maximum absolute atomic E-state index is 13.8. The molecule has 2 amide bonds. The molecule has 4 N–H and O–H groups in total. The molecule has 2 atom stereocenters. The highest BCUT2D eigenvalue weighted by Crippen LogP contribution is 2.38. The number of hydrogen-bond donors (Lipinski definition) is 4. The van der Waals surface area contributed by atoms with E-state index in [1.807, 2.05) is 33.8 Å². The zero-order valence-corrected chi connectivity index (χ0v) is 31.5. The number of nitrogens with one attached hydrogen (secondary N) is 4. The van der Waals surface area contributed by atoms with Crippen LogP contribution in [0.25, 0.3) is 5.69 Å². The number of ether oxygens (including phenoxy) is 1. The lowest BCUT2D eigenvalue weighted by molar-refractivity contribution is 0.221. The number of rotatable bonds is 8. The summed E-state index contributed by atoms with van der Waals surface area (Å²) in [4.78, 5) is 18.3. The second-order valence-electron chi connectivity index (χ2n) is 15.9. The molecule has 4 heterocycles. The van der Waals surface area contributed by atoms with E-state index in [1.54, 1.807) is 16.8 Å². The minimum atomic E-state index is -0.262. The van der Waals surface area contributed by atoms with Gasteiger partial charge in [-0.3, -0.25) is 25.6 Å². The van der Waals surface area contributed by atoms with E-state index in [2.05, 4.69) is 72.7 Å². The molecule has 53 heavy (non-hydrogen) atoms. The van der Waals surface area contributed by atoms with E-state index >= 15 is 0 Å². The minimum Gasteiger partial charge on any atom is -0.491 e. The number of benzene rings is 2. The number of fused-ring (bicyclic) bond motifs is 1. The summed E-state index contributed by atoms with van der Waals surface area (Å²) in [6.45, 7) is 11.8. The fourth-order valence-corrected chi connectivity index (χ4v) is 7.91. The number of carbonyl (C=O) groups excluding carboxylic acids is 1. The van der Waals surface area contributed by atoms with Crippen molar-refractivity contribution in [3.63, 3.8) is 0 Å². The van der Waals surface area contributed by atoms with Crippen molar-refractivity contribution in [2.75, 3.05) is 38.1 Å². The van der Waals surface area contributed by atoms with Gasteiger partial charge in [0.25, 0.3) is 0 Å². The number of anilines is 1. The van der Waals surface area contributed by atoms with Gasteiger partial charge in [0.05, 0.1) is 30.2 Å². The zero-order chi connectivity index (χ0) is 37.0. The van der Waals surface area contributed by atoms with Crippen LogP contribution in [0, 0.1) is 10.8 Å². The van der Waals surface area contributed by atoms with Gasteiger partial charge in [0.1, 0.15) is 17.1 Å². The van der Waals surface area contributed by atoms with E-state index in [0.717, 1.165) is 75.4 Å². The van der Waals surface area contributed by atoms with Crippen molar-refractivity contribution in [1.82, 2.24) is 29.5 Å². The molecule has 0 bridgehead atoms. The van der Waals surface area contributed by atoms with E-state index in [9.17, 15) is 4.79 Å². The maximum atomic E-state index is 13.8. The normalized spacial score (nSPS) is 19.3. The molecule has 2 aliphatic heterocycles. The average Bonchev–Trinajstić information content (AvgIpc) is 3.60. The molecule has 11 heteroatoms. The Morgan fingerprint density at radius 2 is 1.62 bits per heavy atom. The van der Waals surface area contributed by atoms with Gasteiger partial charge >= 0.3 is 6.03 Å². The number of aromatic nitrogens is 3. The van der Waals surface area contributed by atoms with Crippen LogP contribution in [0.15, 0.2) is 72.9 Å². The van der Waals surface area contributed by atoms with Crippen molar-refractivity contribution >= 4 is 17.8 Å². The van der Waals surface area contributed by atoms with Crippen LogP contribution in [-0.2, 0) is 12.0 Å². The number of pyridine rings is 1. The topological polar surface area (TPSA) is 127 Å². The lowest BCUT2D eigenvalue weighted by atomic mass is 9.80. The summed E-state index contributed by atoms with van der Waals surface area (Å²) in [6.07, 6.45) is 10.5. The molecule has 2 fully saturated rings. The lowest BCUT2D eigenvalue weighted by Gasteiger charge is -2.32. The second kappa shape index (κ2) is 16.0. The minimum absolute atomic E-state index is 0.144. The molecule has 2 aromatic heterocycles. The molecule has 0 radical (unpaired) electrons. The average molecular weight is 718 g/mol. The third-order valence-electron chi connectivity index (χ3n) is 10.9. The maximum Gasteiger partial charge on any atom is 0.320 e. The van der Waals surface area contributed by atoms with Crippen molar-refractivity contribution in [3.05, 3.63) is 101 Å². The quantitative estimate of drug-likeness (QED) is 0.111. The molecule has 2 unspecified atom stereocenters. The third-order valence-corrected chi connectivity index (χ3v) is 10.9. The third kappa shape index (κ3) is 8.67. The zero-order valence-electron chi connectivity index (χ0n) is 31.5. The SMILES string of the molecule is CC(C)(C)c1cc(NC(=O)NC2CCC(COc3ccc(=N)n(C(=N)N4CCCCC4)c3)c3ccccc32)n(-c2cccc(CN3CCCCC3)c2)n1. The summed E-state index contributed by atoms with van der Waals surface area (Å²) in [5.74, 6) is 1.76. The highest BCUT2D eigenvalue weighted by Gasteiger charge is 2.29. The number of likely N-dealkylation sites (tertiary alicyclic amines) is 2. The molecule has 1 aliphatic carbocycles. The van der Waals surface area contributed by atoms with Crippen molar-refractivity contribution in [3.8, 4) is 11.4 Å². The van der Waals surface area contributed by atoms with Crippen molar-refractivity contribution in [1.29, 1.82) is 10.8 Å². The molecule has 11 nitrogen and oxygen atoms in total. The van der Waals surface area contributed by atoms with Crippen LogP contribution in [0.3, 0.4) is 0 Å². The van der Waals surface area contributed by atoms with Gasteiger partial charge in [0.15, 0.2) is 0 Å². The Balaban J connectivity index is 1.03. The Morgan fingerprint density at radius 3 is 2.38 bits per heavy atom. The standard InChI is InChI=1S/C42H55N9O2/c1-42(2,3)37-26-39(51(47-37)32-14-12-13-30(25-32)27-48-21-8-4-9-22-48)46-41(52)45-36-19-17-31(34-15-6-7-16-35(34)36)29-53-33-18-20-38(43)50(28-33)40(44)49-23-10-5-11-24-49/h6-7,12-16,18,20,25-26,28,31,36,43-44H,4-5,8-11,17,19,21-24,27,29H2,1-3H3,(H2,45,46,52). The molecule has 2 saturated heterocycles. The summed E-state index contributed by atoms with van der Waals surface area (Å²) in [5, 5.41) is 28.6. The van der Waals surface area contributed by atoms with Crippen LogP contribution in [0.4, 0.5) is 10.6 Å². The Labute approximate surface area is 313 Å². The first-order chi connectivity index (χ1) is 25.6. The highest BCUT2D eigenvalue weighted by atomic mass is 16.5. The highest BCUT2D eigenvalue weighted by molar-refractivity contribution is 5.89. The monoisotopic (exact) mass is 717 g/mol. The Bertz CT molecular complexity index is 1960. The summed E-state index contributed by atoms with van der Waals surface area (Å²) in [6, 6.07) is 21.9. The molecule has 2 aromatic carbocycles. The number of carbonyl (C=O) groups is 1.